The molecule has 0 N–H and O–H groups in total. The summed E-state index contributed by atoms with van der Waals surface area (Å²) in [7, 11) is 0. The van der Waals surface area contributed by atoms with Gasteiger partial charge in [0.05, 0.1) is 22.4 Å². The topological polar surface area (TPSA) is 52.1 Å². The molecule has 10 aromatic rings. The number of hydrogen-bond donors (Lipinski definition) is 0. The van der Waals surface area contributed by atoms with E-state index in [0.717, 1.165) is 99.7 Å². The van der Waals surface area contributed by atoms with Crippen LogP contribution in [0.4, 0.5) is 0 Å². The van der Waals surface area contributed by atoms with Crippen LogP contribution in [0.1, 0.15) is 0 Å². The Bertz CT molecular complexity index is 2630. The molecule has 10 rings (SSSR count). The lowest BCUT2D eigenvalue weighted by molar-refractivity contribution is 0.668. The average molecular weight is 615 g/mol. The Morgan fingerprint density at radius 1 is 0.312 bits per heavy atom. The second kappa shape index (κ2) is 10.5. The molecule has 0 spiro atoms. The van der Waals surface area contributed by atoms with E-state index in [0.29, 0.717) is 0 Å². The van der Waals surface area contributed by atoms with E-state index < -0.39 is 0 Å². The number of furan rings is 2. The fraction of sp³-hybridized carbons (Fsp3) is 0. The first-order valence-corrected chi connectivity index (χ1v) is 16.1. The van der Waals surface area contributed by atoms with Gasteiger partial charge in [-0.2, -0.15) is 0 Å². The number of fused-ring (bicyclic) bond motifs is 7. The van der Waals surface area contributed by atoms with Crippen molar-refractivity contribution in [3.05, 3.63) is 158 Å². The van der Waals surface area contributed by atoms with Crippen LogP contribution in [-0.4, -0.2) is 9.97 Å². The van der Waals surface area contributed by atoms with Crippen molar-refractivity contribution in [2.75, 3.05) is 0 Å². The predicted molar refractivity (Wildman–Crippen MR) is 196 cm³/mol. The zero-order chi connectivity index (χ0) is 31.6. The molecular formula is C44H26N2O2. The molecule has 0 unspecified atom stereocenters. The lowest BCUT2D eigenvalue weighted by atomic mass is 9.95. The Labute approximate surface area is 275 Å². The maximum absolute atomic E-state index is 6.16. The predicted octanol–water partition coefficient (Wildman–Crippen LogP) is 12.1. The summed E-state index contributed by atoms with van der Waals surface area (Å²) in [5, 5.41) is 4.50. The Kier molecular flexibility index (Phi) is 5.84. The minimum Gasteiger partial charge on any atom is -0.456 e. The van der Waals surface area contributed by atoms with Gasteiger partial charge >= 0.3 is 0 Å². The van der Waals surface area contributed by atoms with Gasteiger partial charge in [-0.05, 0) is 58.7 Å². The SMILES string of the molecule is c1ccc2nc(-c3ccc(-c4cccc5oc6ccccc6c45)cc3)c(-c3ccc(-c4cccc5oc6ccccc6c45)cc3)nc2c1. The first-order valence-electron chi connectivity index (χ1n) is 16.1. The lowest BCUT2D eigenvalue weighted by Crippen LogP contribution is -1.95. The minimum atomic E-state index is 0.850. The van der Waals surface area contributed by atoms with Gasteiger partial charge in [-0.15, -0.1) is 0 Å². The first-order chi connectivity index (χ1) is 23.8. The molecule has 4 heteroatoms. The Balaban J connectivity index is 1.08. The number of nitrogens with zero attached hydrogens (tertiary/aromatic N) is 2. The summed E-state index contributed by atoms with van der Waals surface area (Å²) in [5.41, 5.74) is 13.6. The van der Waals surface area contributed by atoms with Crippen LogP contribution in [-0.2, 0) is 0 Å². The van der Waals surface area contributed by atoms with Gasteiger partial charge in [-0.3, -0.25) is 0 Å². The first kappa shape index (κ1) is 26.7. The van der Waals surface area contributed by atoms with Gasteiger partial charge in [0.1, 0.15) is 22.3 Å². The van der Waals surface area contributed by atoms with Crippen LogP contribution in [0, 0.1) is 0 Å². The molecule has 0 atom stereocenters. The molecule has 0 aliphatic carbocycles. The normalized spacial score (nSPS) is 11.8. The average Bonchev–Trinajstić information content (AvgIpc) is 3.73. The third-order valence-corrected chi connectivity index (χ3v) is 9.31. The number of para-hydroxylation sites is 4. The van der Waals surface area contributed by atoms with Crippen LogP contribution in [0.5, 0.6) is 0 Å². The van der Waals surface area contributed by atoms with Crippen LogP contribution in [0.3, 0.4) is 0 Å². The van der Waals surface area contributed by atoms with Gasteiger partial charge in [-0.25, -0.2) is 9.97 Å². The summed E-state index contributed by atoms with van der Waals surface area (Å²) in [6.45, 7) is 0. The van der Waals surface area contributed by atoms with E-state index in [1.54, 1.807) is 0 Å². The van der Waals surface area contributed by atoms with Crippen molar-refractivity contribution < 1.29 is 8.83 Å². The molecule has 0 aliphatic rings. The molecule has 0 bridgehead atoms. The van der Waals surface area contributed by atoms with E-state index in [1.807, 2.05) is 60.7 Å². The van der Waals surface area contributed by atoms with E-state index in [1.165, 1.54) is 0 Å². The maximum atomic E-state index is 6.16. The Morgan fingerprint density at radius 2 is 0.688 bits per heavy atom. The highest BCUT2D eigenvalue weighted by atomic mass is 16.3. The van der Waals surface area contributed by atoms with Gasteiger partial charge in [0.15, 0.2) is 0 Å². The van der Waals surface area contributed by atoms with Crippen LogP contribution in [0.15, 0.2) is 167 Å². The van der Waals surface area contributed by atoms with Crippen molar-refractivity contribution in [3.8, 4) is 44.8 Å². The summed E-state index contributed by atoms with van der Waals surface area (Å²) in [6.07, 6.45) is 0. The van der Waals surface area contributed by atoms with E-state index >= 15 is 0 Å². The van der Waals surface area contributed by atoms with Crippen LogP contribution < -0.4 is 0 Å². The fourth-order valence-corrected chi connectivity index (χ4v) is 7.05. The summed E-state index contributed by atoms with van der Waals surface area (Å²) in [5.74, 6) is 0. The highest BCUT2D eigenvalue weighted by Gasteiger charge is 2.17. The van der Waals surface area contributed by atoms with E-state index in [-0.39, 0.29) is 0 Å². The molecular weight excluding hydrogens is 588 g/mol. The second-order valence-electron chi connectivity index (χ2n) is 12.1. The molecule has 7 aromatic carbocycles. The van der Waals surface area contributed by atoms with Crippen molar-refractivity contribution in [2.45, 2.75) is 0 Å². The summed E-state index contributed by atoms with van der Waals surface area (Å²) in [4.78, 5) is 10.3. The largest absolute Gasteiger partial charge is 0.456 e. The zero-order valence-electron chi connectivity index (χ0n) is 25.7. The number of rotatable bonds is 4. The standard InChI is InChI=1S/C44H26N2O2/c1-5-15-37-33(9-1)41-31(11-7-17-39(41)47-37)27-19-23-29(24-20-27)43-44(46-36-14-4-3-13-35(36)45-43)30-25-21-28(22-26-30)32-12-8-18-40-42(32)34-10-2-6-16-38(34)48-40/h1-26H. The van der Waals surface area contributed by atoms with Crippen LogP contribution in [0.25, 0.3) is 99.7 Å². The third kappa shape index (κ3) is 4.16. The molecule has 0 amide bonds. The van der Waals surface area contributed by atoms with Gasteiger partial charge in [0.2, 0.25) is 0 Å². The fourth-order valence-electron chi connectivity index (χ4n) is 7.05. The number of benzene rings is 7. The quantitative estimate of drug-likeness (QED) is 0.198. The molecule has 3 heterocycles. The van der Waals surface area contributed by atoms with E-state index in [2.05, 4.69) is 97.1 Å². The molecule has 48 heavy (non-hydrogen) atoms. The molecule has 0 saturated carbocycles. The molecule has 0 aliphatic heterocycles. The molecule has 4 nitrogen and oxygen atoms in total. The Hall–Kier alpha value is -6.52. The van der Waals surface area contributed by atoms with Crippen molar-refractivity contribution >= 4 is 54.9 Å². The highest BCUT2D eigenvalue weighted by molar-refractivity contribution is 6.13. The third-order valence-electron chi connectivity index (χ3n) is 9.31. The van der Waals surface area contributed by atoms with E-state index in [4.69, 9.17) is 18.8 Å². The molecule has 0 radical (unpaired) electrons. The number of aromatic nitrogens is 2. The monoisotopic (exact) mass is 614 g/mol. The lowest BCUT2D eigenvalue weighted by Gasteiger charge is -2.12. The summed E-state index contributed by atoms with van der Waals surface area (Å²) in [6, 6.07) is 54.3. The Morgan fingerprint density at radius 3 is 1.15 bits per heavy atom. The van der Waals surface area contributed by atoms with Gasteiger partial charge < -0.3 is 8.83 Å². The van der Waals surface area contributed by atoms with Gasteiger partial charge in [0, 0.05) is 32.7 Å². The number of hydrogen-bond acceptors (Lipinski definition) is 4. The minimum absolute atomic E-state index is 0.850. The van der Waals surface area contributed by atoms with Gasteiger partial charge in [-0.1, -0.05) is 121 Å². The van der Waals surface area contributed by atoms with Crippen molar-refractivity contribution in [2.24, 2.45) is 0 Å². The van der Waals surface area contributed by atoms with Gasteiger partial charge in [0.25, 0.3) is 0 Å². The maximum Gasteiger partial charge on any atom is 0.136 e. The summed E-state index contributed by atoms with van der Waals surface area (Å²) >= 11 is 0. The highest BCUT2D eigenvalue weighted by Crippen LogP contribution is 2.40. The van der Waals surface area contributed by atoms with Crippen molar-refractivity contribution in [1.29, 1.82) is 0 Å². The summed E-state index contributed by atoms with van der Waals surface area (Å²) < 4.78 is 12.3. The van der Waals surface area contributed by atoms with Crippen molar-refractivity contribution in [3.63, 3.8) is 0 Å². The smallest absolute Gasteiger partial charge is 0.136 e. The second-order valence-corrected chi connectivity index (χ2v) is 12.1. The van der Waals surface area contributed by atoms with E-state index in [9.17, 15) is 0 Å². The molecule has 224 valence electrons. The molecule has 0 saturated heterocycles. The van der Waals surface area contributed by atoms with Crippen LogP contribution in [0.2, 0.25) is 0 Å². The zero-order valence-corrected chi connectivity index (χ0v) is 25.7. The van der Waals surface area contributed by atoms with Crippen LogP contribution >= 0.6 is 0 Å². The molecule has 0 fully saturated rings. The molecule has 3 aromatic heterocycles. The van der Waals surface area contributed by atoms with Crippen molar-refractivity contribution in [1.82, 2.24) is 9.97 Å².